The molecule has 2 N–H and O–H groups in total. The lowest BCUT2D eigenvalue weighted by Crippen LogP contribution is -2.00. The third kappa shape index (κ3) is 2.91. The molecular formula is C17H15BrN2O. The maximum Gasteiger partial charge on any atom is 0.220 e. The van der Waals surface area contributed by atoms with E-state index in [0.717, 1.165) is 32.3 Å². The summed E-state index contributed by atoms with van der Waals surface area (Å²) in [5.41, 5.74) is 8.82. The number of aryl methyl sites for hydroxylation is 1. The molecule has 0 saturated carbocycles. The molecule has 21 heavy (non-hydrogen) atoms. The third-order valence-corrected chi connectivity index (χ3v) is 3.86. The maximum absolute atomic E-state index is 5.94. The Hall–Kier alpha value is -1.91. The van der Waals surface area contributed by atoms with Gasteiger partial charge in [0.1, 0.15) is 5.75 Å². The Morgan fingerprint density at radius 3 is 2.76 bits per heavy atom. The quantitative estimate of drug-likeness (QED) is 0.759. The molecule has 0 spiro atoms. The van der Waals surface area contributed by atoms with E-state index >= 15 is 0 Å². The third-order valence-electron chi connectivity index (χ3n) is 3.36. The number of rotatable bonds is 3. The summed E-state index contributed by atoms with van der Waals surface area (Å²) in [6, 6.07) is 15.8. The fraction of sp³-hybridized carbons (Fsp3) is 0.118. The van der Waals surface area contributed by atoms with E-state index in [1.165, 1.54) is 0 Å². The molecule has 0 atom stereocenters. The lowest BCUT2D eigenvalue weighted by atomic mass is 10.1. The highest BCUT2D eigenvalue weighted by Crippen LogP contribution is 2.29. The van der Waals surface area contributed by atoms with Gasteiger partial charge < -0.3 is 10.5 Å². The smallest absolute Gasteiger partial charge is 0.220 e. The van der Waals surface area contributed by atoms with Crippen LogP contribution in [0, 0.1) is 6.92 Å². The number of pyridine rings is 1. The lowest BCUT2D eigenvalue weighted by Gasteiger charge is -2.11. The van der Waals surface area contributed by atoms with Crippen LogP contribution in [0.1, 0.15) is 11.1 Å². The van der Waals surface area contributed by atoms with Crippen LogP contribution in [-0.2, 0) is 6.54 Å². The minimum atomic E-state index is 0.455. The highest BCUT2D eigenvalue weighted by atomic mass is 79.9. The first kappa shape index (κ1) is 14.0. The summed E-state index contributed by atoms with van der Waals surface area (Å²) in [4.78, 5) is 4.56. The molecule has 0 radical (unpaired) electrons. The average molecular weight is 343 g/mol. The van der Waals surface area contributed by atoms with Gasteiger partial charge in [-0.2, -0.15) is 0 Å². The first-order valence-electron chi connectivity index (χ1n) is 6.70. The number of benzene rings is 2. The molecule has 1 heterocycles. The summed E-state index contributed by atoms with van der Waals surface area (Å²) in [6.07, 6.45) is 0. The van der Waals surface area contributed by atoms with Crippen LogP contribution in [0.4, 0.5) is 0 Å². The van der Waals surface area contributed by atoms with Gasteiger partial charge in [0.2, 0.25) is 5.88 Å². The summed E-state index contributed by atoms with van der Waals surface area (Å²) >= 11 is 3.46. The van der Waals surface area contributed by atoms with Crippen LogP contribution in [0.3, 0.4) is 0 Å². The minimum absolute atomic E-state index is 0.455. The van der Waals surface area contributed by atoms with E-state index in [2.05, 4.69) is 20.9 Å². The second-order valence-electron chi connectivity index (χ2n) is 4.85. The fourth-order valence-electron chi connectivity index (χ4n) is 2.24. The number of nitrogens with two attached hydrogens (primary N) is 1. The fourth-order valence-corrected chi connectivity index (χ4v) is 2.58. The Morgan fingerprint density at radius 1 is 1.14 bits per heavy atom. The largest absolute Gasteiger partial charge is 0.439 e. The molecule has 3 rings (SSSR count). The summed E-state index contributed by atoms with van der Waals surface area (Å²) in [5.74, 6) is 1.35. The molecule has 1 aromatic heterocycles. The lowest BCUT2D eigenvalue weighted by molar-refractivity contribution is 0.460. The highest BCUT2D eigenvalue weighted by Gasteiger charge is 2.08. The van der Waals surface area contributed by atoms with Crippen molar-refractivity contribution >= 4 is 26.8 Å². The normalized spacial score (nSPS) is 10.8. The SMILES string of the molecule is Cc1ccc(Br)cc1Oc1cc(CN)c2ccccc2n1. The van der Waals surface area contributed by atoms with Crippen LogP contribution in [0.25, 0.3) is 10.9 Å². The van der Waals surface area contributed by atoms with Crippen molar-refractivity contribution in [2.45, 2.75) is 13.5 Å². The summed E-state index contributed by atoms with van der Waals surface area (Å²) in [5, 5.41) is 1.07. The van der Waals surface area contributed by atoms with Gasteiger partial charge >= 0.3 is 0 Å². The molecule has 0 aliphatic heterocycles. The van der Waals surface area contributed by atoms with Crippen LogP contribution in [0.15, 0.2) is 53.0 Å². The zero-order valence-electron chi connectivity index (χ0n) is 11.6. The predicted octanol–water partition coefficient (Wildman–Crippen LogP) is 4.56. The molecule has 0 aliphatic carbocycles. The number of ether oxygens (including phenoxy) is 1. The Kier molecular flexibility index (Phi) is 3.90. The molecule has 0 fully saturated rings. The van der Waals surface area contributed by atoms with Crippen molar-refractivity contribution < 1.29 is 4.74 Å². The van der Waals surface area contributed by atoms with Crippen molar-refractivity contribution in [3.05, 3.63) is 64.1 Å². The van der Waals surface area contributed by atoms with E-state index in [9.17, 15) is 0 Å². The number of fused-ring (bicyclic) bond motifs is 1. The van der Waals surface area contributed by atoms with Crippen LogP contribution < -0.4 is 10.5 Å². The van der Waals surface area contributed by atoms with Gasteiger partial charge in [0, 0.05) is 22.5 Å². The number of halogens is 1. The topological polar surface area (TPSA) is 48.1 Å². The minimum Gasteiger partial charge on any atom is -0.439 e. The van der Waals surface area contributed by atoms with Crippen molar-refractivity contribution in [1.82, 2.24) is 4.98 Å². The van der Waals surface area contributed by atoms with Gasteiger partial charge in [0.05, 0.1) is 5.52 Å². The summed E-state index contributed by atoms with van der Waals surface area (Å²) in [7, 11) is 0. The second-order valence-corrected chi connectivity index (χ2v) is 5.77. The standard InChI is InChI=1S/C17H15BrN2O/c1-11-6-7-13(18)9-16(11)21-17-8-12(10-19)14-4-2-3-5-15(14)20-17/h2-9H,10,19H2,1H3. The van der Waals surface area contributed by atoms with Crippen LogP contribution in [0.2, 0.25) is 0 Å². The highest BCUT2D eigenvalue weighted by molar-refractivity contribution is 9.10. The van der Waals surface area contributed by atoms with E-state index in [0.29, 0.717) is 12.4 Å². The van der Waals surface area contributed by atoms with E-state index in [4.69, 9.17) is 10.5 Å². The predicted molar refractivity (Wildman–Crippen MR) is 88.6 cm³/mol. The van der Waals surface area contributed by atoms with Gasteiger partial charge in [-0.15, -0.1) is 0 Å². The number of hydrogen-bond donors (Lipinski definition) is 1. The maximum atomic E-state index is 5.94. The molecule has 0 aliphatic rings. The summed E-state index contributed by atoms with van der Waals surface area (Å²) in [6.45, 7) is 2.46. The number of aromatic nitrogens is 1. The molecule has 2 aromatic carbocycles. The molecule has 3 aromatic rings. The van der Waals surface area contributed by atoms with Gasteiger partial charge in [0.25, 0.3) is 0 Å². The number of para-hydroxylation sites is 1. The van der Waals surface area contributed by atoms with Crippen molar-refractivity contribution in [2.24, 2.45) is 5.73 Å². The second kappa shape index (κ2) is 5.84. The van der Waals surface area contributed by atoms with Gasteiger partial charge in [-0.3, -0.25) is 0 Å². The average Bonchev–Trinajstić information content (AvgIpc) is 2.50. The molecule has 4 heteroatoms. The van der Waals surface area contributed by atoms with Crippen molar-refractivity contribution in [3.63, 3.8) is 0 Å². The Labute approximate surface area is 131 Å². The molecule has 0 bridgehead atoms. The summed E-state index contributed by atoms with van der Waals surface area (Å²) < 4.78 is 6.92. The first-order chi connectivity index (χ1) is 10.2. The number of nitrogens with zero attached hydrogens (tertiary/aromatic N) is 1. The van der Waals surface area contributed by atoms with Crippen LogP contribution in [-0.4, -0.2) is 4.98 Å². The van der Waals surface area contributed by atoms with E-state index in [1.807, 2.05) is 55.5 Å². The molecule has 106 valence electrons. The van der Waals surface area contributed by atoms with Gasteiger partial charge in [-0.1, -0.05) is 40.2 Å². The van der Waals surface area contributed by atoms with Crippen molar-refractivity contribution in [1.29, 1.82) is 0 Å². The van der Waals surface area contributed by atoms with Crippen LogP contribution >= 0.6 is 15.9 Å². The molecule has 0 amide bonds. The molecule has 0 saturated heterocycles. The van der Waals surface area contributed by atoms with Gasteiger partial charge in [0.15, 0.2) is 0 Å². The Balaban J connectivity index is 2.06. The zero-order chi connectivity index (χ0) is 14.8. The van der Waals surface area contributed by atoms with Crippen molar-refractivity contribution in [2.75, 3.05) is 0 Å². The molecular weight excluding hydrogens is 328 g/mol. The first-order valence-corrected chi connectivity index (χ1v) is 7.49. The zero-order valence-corrected chi connectivity index (χ0v) is 13.2. The Morgan fingerprint density at radius 2 is 1.95 bits per heavy atom. The van der Waals surface area contributed by atoms with Gasteiger partial charge in [-0.05, 0) is 36.2 Å². The van der Waals surface area contributed by atoms with E-state index in [-0.39, 0.29) is 0 Å². The molecule has 3 nitrogen and oxygen atoms in total. The number of hydrogen-bond acceptors (Lipinski definition) is 3. The molecule has 0 unspecified atom stereocenters. The van der Waals surface area contributed by atoms with Crippen LogP contribution in [0.5, 0.6) is 11.6 Å². The van der Waals surface area contributed by atoms with Gasteiger partial charge in [-0.25, -0.2) is 4.98 Å². The van der Waals surface area contributed by atoms with E-state index in [1.54, 1.807) is 0 Å². The van der Waals surface area contributed by atoms with Crippen molar-refractivity contribution in [3.8, 4) is 11.6 Å². The monoisotopic (exact) mass is 342 g/mol. The Bertz CT molecular complexity index is 802. The van der Waals surface area contributed by atoms with E-state index < -0.39 is 0 Å².